The Bertz CT molecular complexity index is 229. The summed E-state index contributed by atoms with van der Waals surface area (Å²) in [6.45, 7) is 3.97. The first-order valence-electron chi connectivity index (χ1n) is 5.54. The quantitative estimate of drug-likeness (QED) is 0.712. The summed E-state index contributed by atoms with van der Waals surface area (Å²) in [6, 6.07) is 0.335. The van der Waals surface area contributed by atoms with Gasteiger partial charge in [-0.05, 0) is 18.8 Å². The Labute approximate surface area is 89.4 Å². The van der Waals surface area contributed by atoms with Gasteiger partial charge in [0.15, 0.2) is 0 Å². The Morgan fingerprint density at radius 3 is 3.00 bits per heavy atom. The van der Waals surface area contributed by atoms with E-state index >= 15 is 0 Å². The summed E-state index contributed by atoms with van der Waals surface area (Å²) in [6.07, 6.45) is 1.26. The van der Waals surface area contributed by atoms with E-state index in [1.54, 1.807) is 0 Å². The predicted molar refractivity (Wildman–Crippen MR) is 54.9 cm³/mol. The zero-order valence-corrected chi connectivity index (χ0v) is 8.82. The summed E-state index contributed by atoms with van der Waals surface area (Å²) in [5.74, 6) is 0.615. The number of hydrogen-bond acceptors (Lipinski definition) is 3. The number of ether oxygens (including phenoxy) is 1. The van der Waals surface area contributed by atoms with E-state index in [2.05, 4.69) is 5.32 Å². The van der Waals surface area contributed by atoms with Crippen molar-refractivity contribution in [2.45, 2.75) is 18.9 Å². The molecule has 0 aromatic heterocycles. The van der Waals surface area contributed by atoms with Crippen LogP contribution in [-0.2, 0) is 4.74 Å². The van der Waals surface area contributed by atoms with Crippen LogP contribution < -0.4 is 5.32 Å². The van der Waals surface area contributed by atoms with E-state index in [0.717, 1.165) is 32.6 Å². The van der Waals surface area contributed by atoms with Gasteiger partial charge in [0, 0.05) is 32.3 Å². The van der Waals surface area contributed by atoms with E-state index in [1.807, 2.05) is 0 Å². The highest BCUT2D eigenvalue weighted by molar-refractivity contribution is 5.65. The highest BCUT2D eigenvalue weighted by Gasteiger charge is 2.26. The molecule has 0 bridgehead atoms. The van der Waals surface area contributed by atoms with Crippen LogP contribution in [0.1, 0.15) is 12.8 Å². The summed E-state index contributed by atoms with van der Waals surface area (Å²) in [7, 11) is 0. The Balaban J connectivity index is 1.66. The van der Waals surface area contributed by atoms with Gasteiger partial charge in [-0.3, -0.25) is 0 Å². The maximum atomic E-state index is 10.7. The van der Waals surface area contributed by atoms with Gasteiger partial charge in [-0.2, -0.15) is 0 Å². The van der Waals surface area contributed by atoms with Crippen molar-refractivity contribution in [1.29, 1.82) is 0 Å². The summed E-state index contributed by atoms with van der Waals surface area (Å²) in [5, 5.41) is 12.2. The first-order chi connectivity index (χ1) is 7.25. The predicted octanol–water partition coefficient (Wildman–Crippen LogP) is 0.365. The summed E-state index contributed by atoms with van der Waals surface area (Å²) < 4.78 is 5.29. The fourth-order valence-corrected chi connectivity index (χ4v) is 2.18. The van der Waals surface area contributed by atoms with Gasteiger partial charge >= 0.3 is 6.09 Å². The molecule has 0 aliphatic carbocycles. The molecule has 0 radical (unpaired) electrons. The molecular formula is C10H18N2O3. The third-order valence-electron chi connectivity index (χ3n) is 3.18. The fourth-order valence-electron chi connectivity index (χ4n) is 2.18. The lowest BCUT2D eigenvalue weighted by atomic mass is 10.1. The normalized spacial score (nSPS) is 31.1. The van der Waals surface area contributed by atoms with E-state index in [-0.39, 0.29) is 0 Å². The van der Waals surface area contributed by atoms with Crippen molar-refractivity contribution in [1.82, 2.24) is 10.2 Å². The van der Waals surface area contributed by atoms with E-state index in [4.69, 9.17) is 9.84 Å². The summed E-state index contributed by atoms with van der Waals surface area (Å²) in [5.41, 5.74) is 0. The lowest BCUT2D eigenvalue weighted by Gasteiger charge is -2.15. The van der Waals surface area contributed by atoms with Gasteiger partial charge < -0.3 is 20.1 Å². The van der Waals surface area contributed by atoms with Gasteiger partial charge in [0.1, 0.15) is 0 Å². The van der Waals surface area contributed by atoms with Crippen LogP contribution >= 0.6 is 0 Å². The van der Waals surface area contributed by atoms with Gasteiger partial charge in [0.25, 0.3) is 0 Å². The molecule has 2 atom stereocenters. The second-order valence-corrected chi connectivity index (χ2v) is 4.35. The van der Waals surface area contributed by atoms with E-state index in [0.29, 0.717) is 25.0 Å². The van der Waals surface area contributed by atoms with Gasteiger partial charge in [-0.25, -0.2) is 4.79 Å². The van der Waals surface area contributed by atoms with Crippen molar-refractivity contribution in [3.63, 3.8) is 0 Å². The number of carboxylic acid groups (broad SMARTS) is 1. The maximum absolute atomic E-state index is 10.7. The molecule has 0 aromatic rings. The summed E-state index contributed by atoms with van der Waals surface area (Å²) >= 11 is 0. The van der Waals surface area contributed by atoms with Crippen LogP contribution in [0.5, 0.6) is 0 Å². The Kier molecular flexibility index (Phi) is 3.43. The van der Waals surface area contributed by atoms with Gasteiger partial charge in [-0.15, -0.1) is 0 Å². The van der Waals surface area contributed by atoms with Crippen LogP contribution in [0.25, 0.3) is 0 Å². The summed E-state index contributed by atoms with van der Waals surface area (Å²) in [4.78, 5) is 12.2. The monoisotopic (exact) mass is 214 g/mol. The number of nitrogens with zero attached hydrogens (tertiary/aromatic N) is 1. The van der Waals surface area contributed by atoms with E-state index in [9.17, 15) is 4.79 Å². The molecule has 2 fully saturated rings. The van der Waals surface area contributed by atoms with Crippen LogP contribution in [0, 0.1) is 5.92 Å². The molecule has 2 N–H and O–H groups in total. The van der Waals surface area contributed by atoms with Gasteiger partial charge in [0.05, 0.1) is 6.61 Å². The molecule has 2 aliphatic rings. The molecule has 2 rings (SSSR count). The number of amides is 1. The first kappa shape index (κ1) is 10.7. The molecular weight excluding hydrogens is 196 g/mol. The van der Waals surface area contributed by atoms with Crippen molar-refractivity contribution < 1.29 is 14.6 Å². The Hall–Kier alpha value is -0.810. The molecule has 2 saturated heterocycles. The molecule has 5 nitrogen and oxygen atoms in total. The molecule has 2 aliphatic heterocycles. The molecule has 0 spiro atoms. The smallest absolute Gasteiger partial charge is 0.407 e. The van der Waals surface area contributed by atoms with Gasteiger partial charge in [-0.1, -0.05) is 0 Å². The fraction of sp³-hybridized carbons (Fsp3) is 0.900. The molecule has 2 heterocycles. The van der Waals surface area contributed by atoms with Gasteiger partial charge in [0.2, 0.25) is 0 Å². The standard InChI is InChI=1S/C10H18N2O3/c13-10(14)12-3-1-9(6-12)11-5-8-2-4-15-7-8/h8-9,11H,1-7H2,(H,13,14)/t8?,9-/m0/s1. The number of hydrogen-bond donors (Lipinski definition) is 2. The number of nitrogens with one attached hydrogen (secondary N) is 1. The second kappa shape index (κ2) is 4.81. The number of rotatable bonds is 3. The van der Waals surface area contributed by atoms with Crippen molar-refractivity contribution in [3.05, 3.63) is 0 Å². The third kappa shape index (κ3) is 2.82. The highest BCUT2D eigenvalue weighted by Crippen LogP contribution is 2.13. The SMILES string of the molecule is O=C(O)N1CC[C@H](NCC2CCOC2)C1. The first-order valence-corrected chi connectivity index (χ1v) is 5.54. The van der Waals surface area contributed by atoms with Crippen LogP contribution in [0.4, 0.5) is 4.79 Å². The molecule has 0 saturated carbocycles. The molecule has 0 aromatic carbocycles. The Morgan fingerprint density at radius 2 is 2.40 bits per heavy atom. The molecule has 15 heavy (non-hydrogen) atoms. The highest BCUT2D eigenvalue weighted by atomic mass is 16.5. The molecule has 86 valence electrons. The molecule has 5 heteroatoms. The van der Waals surface area contributed by atoms with Crippen molar-refractivity contribution in [2.75, 3.05) is 32.8 Å². The van der Waals surface area contributed by atoms with Crippen LogP contribution in [0.2, 0.25) is 0 Å². The average molecular weight is 214 g/mol. The van der Waals surface area contributed by atoms with Crippen LogP contribution in [0.15, 0.2) is 0 Å². The lowest BCUT2D eigenvalue weighted by Crippen LogP contribution is -2.37. The maximum Gasteiger partial charge on any atom is 0.407 e. The lowest BCUT2D eigenvalue weighted by molar-refractivity contribution is 0.154. The number of likely N-dealkylation sites (tertiary alicyclic amines) is 1. The Morgan fingerprint density at radius 1 is 1.53 bits per heavy atom. The minimum Gasteiger partial charge on any atom is -0.465 e. The van der Waals surface area contributed by atoms with Crippen molar-refractivity contribution in [3.8, 4) is 0 Å². The zero-order valence-electron chi connectivity index (χ0n) is 8.82. The van der Waals surface area contributed by atoms with Crippen LogP contribution in [0.3, 0.4) is 0 Å². The zero-order chi connectivity index (χ0) is 10.7. The van der Waals surface area contributed by atoms with Crippen LogP contribution in [-0.4, -0.2) is 55.0 Å². The molecule has 1 unspecified atom stereocenters. The second-order valence-electron chi connectivity index (χ2n) is 4.35. The van der Waals surface area contributed by atoms with E-state index in [1.165, 1.54) is 4.90 Å². The van der Waals surface area contributed by atoms with E-state index < -0.39 is 6.09 Å². The number of carbonyl (C=O) groups is 1. The average Bonchev–Trinajstić information content (AvgIpc) is 2.86. The molecule has 1 amide bonds. The topological polar surface area (TPSA) is 61.8 Å². The third-order valence-corrected chi connectivity index (χ3v) is 3.18. The largest absolute Gasteiger partial charge is 0.465 e. The van der Waals surface area contributed by atoms with Crippen molar-refractivity contribution >= 4 is 6.09 Å². The van der Waals surface area contributed by atoms with Crippen molar-refractivity contribution in [2.24, 2.45) is 5.92 Å². The minimum absolute atomic E-state index is 0.335. The minimum atomic E-state index is -0.802.